The van der Waals surface area contributed by atoms with Gasteiger partial charge in [0.25, 0.3) is 0 Å². The molecule has 0 fully saturated rings. The average Bonchev–Trinajstić information content (AvgIpc) is 2.33. The minimum Gasteiger partial charge on any atom is -0.454 e. The smallest absolute Gasteiger partial charge is 0.238 e. The maximum absolute atomic E-state index is 11.3. The maximum Gasteiger partial charge on any atom is 0.238 e. The highest BCUT2D eigenvalue weighted by Crippen LogP contribution is 2.35. The van der Waals surface area contributed by atoms with Crippen molar-refractivity contribution in [1.82, 2.24) is 0 Å². The summed E-state index contributed by atoms with van der Waals surface area (Å²) in [6.07, 6.45) is 0. The van der Waals surface area contributed by atoms with Crippen molar-refractivity contribution in [3.63, 3.8) is 0 Å². The van der Waals surface area contributed by atoms with Crippen LogP contribution in [0.2, 0.25) is 0 Å². The summed E-state index contributed by atoms with van der Waals surface area (Å²) < 4.78 is 29.8. The second-order valence-corrected chi connectivity index (χ2v) is 7.25. The first-order valence-corrected chi connectivity index (χ1v) is 8.46. The number of nitrogen functional groups attached to an aromatic ring is 1. The van der Waals surface area contributed by atoms with Crippen LogP contribution in [0.15, 0.2) is 50.2 Å². The third-order valence-electron chi connectivity index (χ3n) is 2.43. The highest BCUT2D eigenvalue weighted by Gasteiger charge is 2.13. The molecule has 0 spiro atoms. The first kappa shape index (κ1) is 15.3. The molecule has 0 saturated heterocycles. The summed E-state index contributed by atoms with van der Waals surface area (Å²) in [7, 11) is -3.81. The number of nitrogens with two attached hydrogens (primary N) is 2. The van der Waals surface area contributed by atoms with E-state index in [1.165, 1.54) is 18.2 Å². The first-order chi connectivity index (χ1) is 9.27. The van der Waals surface area contributed by atoms with E-state index < -0.39 is 10.0 Å². The zero-order valence-corrected chi connectivity index (χ0v) is 14.0. The second kappa shape index (κ2) is 5.72. The number of hydrogen-bond acceptors (Lipinski definition) is 4. The van der Waals surface area contributed by atoms with Crippen LogP contribution in [0.4, 0.5) is 5.69 Å². The molecular formula is C12H10Br2N2O3S. The molecule has 0 aliphatic rings. The molecule has 0 aromatic heterocycles. The number of halogens is 2. The molecule has 5 nitrogen and oxygen atoms in total. The van der Waals surface area contributed by atoms with Gasteiger partial charge in [-0.2, -0.15) is 0 Å². The molecular weight excluding hydrogens is 412 g/mol. The summed E-state index contributed by atoms with van der Waals surface area (Å²) in [5.74, 6) is 0.728. The van der Waals surface area contributed by atoms with Gasteiger partial charge in [-0.15, -0.1) is 0 Å². The Balaban J connectivity index is 2.43. The van der Waals surface area contributed by atoms with E-state index in [0.717, 1.165) is 4.47 Å². The third-order valence-corrected chi connectivity index (χ3v) is 4.45. The van der Waals surface area contributed by atoms with Crippen molar-refractivity contribution < 1.29 is 13.2 Å². The van der Waals surface area contributed by atoms with E-state index in [2.05, 4.69) is 31.9 Å². The summed E-state index contributed by atoms with van der Waals surface area (Å²) >= 11 is 6.68. The van der Waals surface area contributed by atoms with Gasteiger partial charge in [0.1, 0.15) is 5.75 Å². The Labute approximate surface area is 133 Å². The Morgan fingerprint density at radius 2 is 1.70 bits per heavy atom. The van der Waals surface area contributed by atoms with Gasteiger partial charge in [-0.25, -0.2) is 13.6 Å². The van der Waals surface area contributed by atoms with E-state index >= 15 is 0 Å². The molecule has 0 aliphatic heterocycles. The first-order valence-electron chi connectivity index (χ1n) is 5.32. The number of anilines is 1. The lowest BCUT2D eigenvalue weighted by atomic mass is 10.3. The Kier molecular flexibility index (Phi) is 4.38. The van der Waals surface area contributed by atoms with E-state index in [1.54, 1.807) is 18.2 Å². The normalized spacial score (nSPS) is 11.3. The SMILES string of the molecule is Nc1ccc(S(N)(=O)=O)cc1Oc1ccc(Br)cc1Br. The Morgan fingerprint density at radius 3 is 2.30 bits per heavy atom. The van der Waals surface area contributed by atoms with E-state index in [0.29, 0.717) is 15.9 Å². The molecule has 0 radical (unpaired) electrons. The molecule has 0 heterocycles. The molecule has 0 bridgehead atoms. The van der Waals surface area contributed by atoms with Crippen LogP contribution >= 0.6 is 31.9 Å². The fourth-order valence-electron chi connectivity index (χ4n) is 1.46. The number of sulfonamides is 1. The molecule has 0 amide bonds. The van der Waals surface area contributed by atoms with Crippen LogP contribution in [0, 0.1) is 0 Å². The molecule has 2 aromatic rings. The number of benzene rings is 2. The van der Waals surface area contributed by atoms with E-state index in [-0.39, 0.29) is 10.6 Å². The highest BCUT2D eigenvalue weighted by atomic mass is 79.9. The van der Waals surface area contributed by atoms with Gasteiger partial charge in [0, 0.05) is 10.5 Å². The summed E-state index contributed by atoms with van der Waals surface area (Å²) in [6, 6.07) is 9.36. The largest absolute Gasteiger partial charge is 0.454 e. The topological polar surface area (TPSA) is 95.4 Å². The van der Waals surface area contributed by atoms with Crippen molar-refractivity contribution in [3.05, 3.63) is 45.3 Å². The van der Waals surface area contributed by atoms with Crippen LogP contribution in [-0.4, -0.2) is 8.42 Å². The van der Waals surface area contributed by atoms with Gasteiger partial charge < -0.3 is 10.5 Å². The molecule has 0 unspecified atom stereocenters. The molecule has 0 aliphatic carbocycles. The van der Waals surface area contributed by atoms with Crippen molar-refractivity contribution in [2.45, 2.75) is 4.90 Å². The van der Waals surface area contributed by atoms with E-state index in [1.807, 2.05) is 0 Å². The number of hydrogen-bond donors (Lipinski definition) is 2. The fraction of sp³-hybridized carbons (Fsp3) is 0. The maximum atomic E-state index is 11.3. The Hall–Kier alpha value is -1.09. The van der Waals surface area contributed by atoms with Crippen LogP contribution in [0.3, 0.4) is 0 Å². The summed E-state index contributed by atoms with van der Waals surface area (Å²) in [4.78, 5) is -0.0602. The van der Waals surface area contributed by atoms with Gasteiger partial charge in [-0.3, -0.25) is 0 Å². The molecule has 106 valence electrons. The minimum absolute atomic E-state index is 0.0602. The monoisotopic (exact) mass is 420 g/mol. The molecule has 2 rings (SSSR count). The lowest BCUT2D eigenvalue weighted by Gasteiger charge is -2.11. The fourth-order valence-corrected chi connectivity index (χ4v) is 3.11. The van der Waals surface area contributed by atoms with Crippen LogP contribution in [0.1, 0.15) is 0 Å². The molecule has 0 atom stereocenters. The predicted molar refractivity (Wildman–Crippen MR) is 84.1 cm³/mol. The Morgan fingerprint density at radius 1 is 1.00 bits per heavy atom. The van der Waals surface area contributed by atoms with Gasteiger partial charge in [0.2, 0.25) is 10.0 Å². The summed E-state index contributed by atoms with van der Waals surface area (Å²) in [5, 5.41) is 5.08. The second-order valence-electron chi connectivity index (χ2n) is 3.92. The third kappa shape index (κ3) is 3.51. The van der Waals surface area contributed by atoms with Crippen molar-refractivity contribution in [2.75, 3.05) is 5.73 Å². The predicted octanol–water partition coefficient (Wildman–Crippen LogP) is 3.23. The van der Waals surface area contributed by atoms with Crippen LogP contribution < -0.4 is 15.6 Å². The van der Waals surface area contributed by atoms with Crippen LogP contribution in [0.25, 0.3) is 0 Å². The summed E-state index contributed by atoms with van der Waals surface area (Å²) in [5.41, 5.74) is 6.09. The van der Waals surface area contributed by atoms with Crippen molar-refractivity contribution in [3.8, 4) is 11.5 Å². The minimum atomic E-state index is -3.81. The van der Waals surface area contributed by atoms with Gasteiger partial charge in [-0.1, -0.05) is 15.9 Å². The molecule has 8 heteroatoms. The zero-order chi connectivity index (χ0) is 14.9. The highest BCUT2D eigenvalue weighted by molar-refractivity contribution is 9.11. The lowest BCUT2D eigenvalue weighted by Crippen LogP contribution is -2.12. The number of ether oxygens (including phenoxy) is 1. The van der Waals surface area contributed by atoms with Gasteiger partial charge in [0.05, 0.1) is 15.1 Å². The molecule has 0 saturated carbocycles. The van der Waals surface area contributed by atoms with E-state index in [4.69, 9.17) is 15.6 Å². The quantitative estimate of drug-likeness (QED) is 0.743. The van der Waals surface area contributed by atoms with Crippen LogP contribution in [-0.2, 0) is 10.0 Å². The van der Waals surface area contributed by atoms with Crippen molar-refractivity contribution in [2.24, 2.45) is 5.14 Å². The van der Waals surface area contributed by atoms with Gasteiger partial charge in [-0.05, 0) is 46.3 Å². The molecule has 20 heavy (non-hydrogen) atoms. The zero-order valence-electron chi connectivity index (χ0n) is 10.0. The van der Waals surface area contributed by atoms with E-state index in [9.17, 15) is 8.42 Å². The standard InChI is InChI=1S/C12H10Br2N2O3S/c13-7-1-4-11(9(14)5-7)19-12-6-8(20(16,17)18)2-3-10(12)15/h1-6H,15H2,(H2,16,17,18). The van der Waals surface area contributed by atoms with Gasteiger partial charge in [0.15, 0.2) is 5.75 Å². The van der Waals surface area contributed by atoms with Gasteiger partial charge >= 0.3 is 0 Å². The van der Waals surface area contributed by atoms with Crippen molar-refractivity contribution in [1.29, 1.82) is 0 Å². The summed E-state index contributed by atoms with van der Waals surface area (Å²) in [6.45, 7) is 0. The Bertz CT molecular complexity index is 763. The van der Waals surface area contributed by atoms with Crippen LogP contribution in [0.5, 0.6) is 11.5 Å². The van der Waals surface area contributed by atoms with Crippen molar-refractivity contribution >= 4 is 47.6 Å². The number of primary sulfonamides is 1. The molecule has 2 aromatic carbocycles. The molecule has 4 N–H and O–H groups in total. The average molecular weight is 422 g/mol. The number of rotatable bonds is 3. The lowest BCUT2D eigenvalue weighted by molar-refractivity contribution is 0.480.